The van der Waals surface area contributed by atoms with Crippen LogP contribution >= 0.6 is 141 Å². The number of nitrogens with one attached hydrogen (secondary N) is 6. The maximum atomic E-state index is 11.2. The van der Waals surface area contributed by atoms with Crippen molar-refractivity contribution in [3.63, 3.8) is 0 Å². The summed E-state index contributed by atoms with van der Waals surface area (Å²) in [5, 5.41) is 58.2. The van der Waals surface area contributed by atoms with Crippen LogP contribution in [0.25, 0.3) is 0 Å². The molecule has 91 heteroatoms. The first kappa shape index (κ1) is 115. The van der Waals surface area contributed by atoms with E-state index in [-0.39, 0.29) is 34.9 Å². The van der Waals surface area contributed by atoms with Crippen LogP contribution in [0.1, 0.15) is 38.5 Å². The zero-order valence-electron chi connectivity index (χ0n) is 51.2. The molecule has 3 atom stereocenters. The predicted molar refractivity (Wildman–Crippen MR) is 323 cm³/mol. The average Bonchev–Trinajstić information content (AvgIpc) is 0.802. The van der Waals surface area contributed by atoms with Crippen LogP contribution in [0.2, 0.25) is 0 Å². The van der Waals surface area contributed by atoms with Crippen LogP contribution in [0.15, 0.2) is 0 Å². The first-order chi connectivity index (χ1) is 47.3. The van der Waals surface area contributed by atoms with E-state index in [1.54, 1.807) is 0 Å². The topological polar surface area (TPSA) is 1220 Å². The Morgan fingerprint density at radius 1 is 0.257 bits per heavy atom. The summed E-state index contributed by atoms with van der Waals surface area (Å²) in [7, 11) is -110. The van der Waals surface area contributed by atoms with Gasteiger partial charge in [0.1, 0.15) is 0 Å². The van der Waals surface area contributed by atoms with Gasteiger partial charge in [-0.05, 0) is 38.5 Å². The Bertz CT molecular complexity index is 3110. The summed E-state index contributed by atoms with van der Waals surface area (Å²) < 4.78 is 261. The molecule has 647 valence electrons. The molecule has 0 saturated carbocycles. The van der Waals surface area contributed by atoms with Gasteiger partial charge in [-0.25, -0.2) is 82.2 Å². The number of nitrogens with two attached hydrogens (primary N) is 6. The van der Waals surface area contributed by atoms with Crippen LogP contribution in [0.5, 0.6) is 0 Å². The van der Waals surface area contributed by atoms with Crippen LogP contribution < -0.4 is 65.7 Å². The number of rotatable bonds is 15. The van der Waals surface area contributed by atoms with Gasteiger partial charge < -0.3 is 168 Å². The van der Waals surface area contributed by atoms with E-state index in [1.165, 1.54) is 0 Å². The van der Waals surface area contributed by atoms with Gasteiger partial charge in [-0.2, -0.15) is 77.6 Å². The molecule has 36 N–H and O–H groups in total. The maximum Gasteiger partial charge on any atom is 3.00 e. The van der Waals surface area contributed by atoms with Crippen molar-refractivity contribution in [2.45, 2.75) is 56.7 Å². The van der Waals surface area contributed by atoms with E-state index in [0.29, 0.717) is 58.2 Å². The fourth-order valence-electron chi connectivity index (χ4n) is 4.60. The second kappa shape index (κ2) is 44.9. The van der Waals surface area contributed by atoms with Crippen molar-refractivity contribution in [3.8, 4) is 0 Å². The fourth-order valence-corrected chi connectivity index (χ4v) is 30.4. The van der Waals surface area contributed by atoms with Crippen molar-refractivity contribution in [2.75, 3.05) is 19.6 Å². The molecule has 0 aromatic heterocycles. The van der Waals surface area contributed by atoms with Crippen LogP contribution in [0.3, 0.4) is 0 Å². The van der Waals surface area contributed by atoms with Gasteiger partial charge in [0.05, 0.1) is 17.9 Å². The molecule has 0 spiro atoms. The van der Waals surface area contributed by atoms with Crippen LogP contribution in [-0.4, -0.2) is 162 Å². The van der Waals surface area contributed by atoms with Gasteiger partial charge in [-0.15, -0.1) is 0 Å². The van der Waals surface area contributed by atoms with E-state index < -0.39 is 177 Å². The molecule has 0 unspecified atom stereocenters. The number of hydrogen-bond acceptors (Lipinski definition) is 48. The largest absolute Gasteiger partial charge is 3.00 e. The molecule has 1 radical (unpaired) electrons. The summed E-state index contributed by atoms with van der Waals surface area (Å²) in [4.78, 5) is 191. The molecule has 0 aliphatic carbocycles. The van der Waals surface area contributed by atoms with E-state index in [0.717, 1.165) is 0 Å². The summed E-state index contributed by atoms with van der Waals surface area (Å²) in [6, 6.07) is -2.80. The minimum atomic E-state index is -6.11. The molecule has 109 heavy (non-hydrogen) atoms. The van der Waals surface area contributed by atoms with E-state index >= 15 is 0 Å². The van der Waals surface area contributed by atoms with Crippen LogP contribution in [-0.2, 0) is 191 Å². The summed E-state index contributed by atoms with van der Waals surface area (Å²) >= 11 is 0. The van der Waals surface area contributed by atoms with E-state index in [9.17, 15) is 112 Å². The number of carbonyl (C=O) groups is 3. The summed E-state index contributed by atoms with van der Waals surface area (Å²) in [6.45, 7) is 1.36. The number of aliphatic carboxylic acids is 3. The molecule has 3 heterocycles. The molecule has 3 aliphatic heterocycles. The van der Waals surface area contributed by atoms with Gasteiger partial charge in [0.25, 0.3) is 0 Å². The van der Waals surface area contributed by atoms with Gasteiger partial charge in [-0.1, -0.05) is 0 Å². The first-order valence-corrected chi connectivity index (χ1v) is 51.1. The Balaban J connectivity index is -0.000000623. The van der Waals surface area contributed by atoms with Crippen molar-refractivity contribution in [1.29, 1.82) is 16.2 Å². The number of carbonyl (C=O) groups excluding carboxylic acids is 3. The molecule has 0 amide bonds. The molecule has 3 saturated heterocycles. The average molecular weight is 2020 g/mol. The standard InChI is InChI=1S/3C6H14N4O2.Fe.3H6O18P6/c3*7-4(5(11)12)2-1-3-10-6(8)9;;3*1-19(2)13-20(3,4)15-22(7,8)17-24(11,12)18-23(9,10)16-21(5,6)14-19/h3*4H,1-3,7H2,(H,11,12)(H4,8,9,10);;3*(H,1,2)(H,3,4)(H,5,6)(H,7,8)(H,9,10)(H,11,12)/q;;;+3;;;/p-3/t3*4-;;;;/m000..../s1. The summed E-state index contributed by atoms with van der Waals surface area (Å²) in [6.07, 6.45) is 2.62. The zero-order valence-corrected chi connectivity index (χ0v) is 68.4. The van der Waals surface area contributed by atoms with Crippen LogP contribution in [0, 0.1) is 16.2 Å². The molecule has 3 aliphatic rings. The second-order valence-corrected chi connectivity index (χ2v) is 45.8. The third kappa shape index (κ3) is 60.5. The Kier molecular flexibility index (Phi) is 47.3. The Morgan fingerprint density at radius 3 is 0.404 bits per heavy atom. The minimum Gasteiger partial charge on any atom is -0.548 e. The SMILES string of the molecule is N=C(N)NCCC[C@H](N)C(=O)[O-].N=C(N)NCCC[C@H](N)C(=O)[O-].N=C(N)NCCC[C@H](N)C(=O)[O-].O=P1(O)OP(=O)(O)OP(=O)(O)OP(=O)(O)OP(=O)(O)OP(=O)(O)O1.O=P1(O)OP(=O)(O)OP(=O)(O)OP(=O)(O)OP(=O)(O)OP(=O)(O)O1.O=P1(O)OP(=O)(O)OP(=O)(O)OP(=O)(O)OP(=O)(O)OP(=O)(O)O1.[Fe+3]. The van der Waals surface area contributed by atoms with Crippen molar-refractivity contribution >= 4 is 177 Å². The predicted octanol–water partition coefficient (Wildman–Crippen LogP) is -5.92. The number of hydrogen-bond donors (Lipinski definition) is 30. The molecule has 72 nitrogen and oxygen atoms in total. The second-order valence-electron chi connectivity index (χ2n) is 17.1. The van der Waals surface area contributed by atoms with E-state index in [4.69, 9.17) is 139 Å². The maximum absolute atomic E-state index is 11.2. The summed E-state index contributed by atoms with van der Waals surface area (Å²) in [5.74, 6) is -4.14. The monoisotopic (exact) mass is 2010 g/mol. The Hall–Kier alpha value is -0.681. The first-order valence-electron chi connectivity index (χ1n) is 24.2. The minimum absolute atomic E-state index is 0. The van der Waals surface area contributed by atoms with Crippen molar-refractivity contribution in [2.24, 2.45) is 34.4 Å². The van der Waals surface area contributed by atoms with Gasteiger partial charge in [-0.3, -0.25) is 16.2 Å². The normalized spacial score (nSPS) is 40.5. The van der Waals surface area contributed by atoms with E-state index in [1.807, 2.05) is 0 Å². The number of carboxylic acids is 3. The third-order valence-electron chi connectivity index (χ3n) is 7.64. The van der Waals surface area contributed by atoms with Crippen molar-refractivity contribution < 1.29 is 295 Å². The number of guanidine groups is 3. The molecular weight excluding hydrogens is 1960 g/mol. The van der Waals surface area contributed by atoms with Gasteiger partial charge in [0, 0.05) is 37.8 Å². The number of carboxylic acid groups (broad SMARTS) is 3. The smallest absolute Gasteiger partial charge is 0.548 e. The molecule has 3 rings (SSSR count). The van der Waals surface area contributed by atoms with E-state index in [2.05, 4.69) is 93.5 Å². The van der Waals surface area contributed by atoms with Crippen molar-refractivity contribution in [1.82, 2.24) is 16.0 Å². The van der Waals surface area contributed by atoms with Gasteiger partial charge in [0.15, 0.2) is 17.9 Å². The fraction of sp³-hybridized carbons (Fsp3) is 0.667. The molecule has 3 fully saturated rings. The molecular formula is C18H57FeN12O60P18. The van der Waals surface area contributed by atoms with Gasteiger partial charge >= 0.3 is 158 Å². The summed E-state index contributed by atoms with van der Waals surface area (Å²) in [5.41, 5.74) is 30.4. The molecule has 0 aromatic carbocycles. The Morgan fingerprint density at radius 2 is 0.339 bits per heavy atom. The molecule has 0 bridgehead atoms. The van der Waals surface area contributed by atoms with Crippen molar-refractivity contribution in [3.05, 3.63) is 0 Å². The zero-order chi connectivity index (χ0) is 86.4. The van der Waals surface area contributed by atoms with Crippen LogP contribution in [0.4, 0.5) is 0 Å². The van der Waals surface area contributed by atoms with Gasteiger partial charge in [0.2, 0.25) is 0 Å². The Labute approximate surface area is 611 Å². The quantitative estimate of drug-likeness (QED) is 0.0239. The number of phosphoric acid groups is 18. The third-order valence-corrected chi connectivity index (χ3v) is 37.4. The molecule has 0 aromatic rings.